The van der Waals surface area contributed by atoms with Crippen molar-refractivity contribution in [3.63, 3.8) is 0 Å². The lowest BCUT2D eigenvalue weighted by Gasteiger charge is -2.57. The maximum absolute atomic E-state index is 3.94. The fourth-order valence-corrected chi connectivity index (χ4v) is 10.0. The molecule has 8 aliphatic rings. The minimum absolute atomic E-state index is 0.780. The summed E-state index contributed by atoms with van der Waals surface area (Å²) >= 11 is 0. The molecule has 0 radical (unpaired) electrons. The van der Waals surface area contributed by atoms with Gasteiger partial charge in [0.05, 0.1) is 0 Å². The van der Waals surface area contributed by atoms with Crippen LogP contribution in [0.5, 0.6) is 0 Å². The molecular formula is C24H39N. The average molecular weight is 342 g/mol. The van der Waals surface area contributed by atoms with E-state index in [2.05, 4.69) is 5.32 Å². The summed E-state index contributed by atoms with van der Waals surface area (Å²) in [6.07, 6.45) is 22.1. The van der Waals surface area contributed by atoms with E-state index in [-0.39, 0.29) is 0 Å². The summed E-state index contributed by atoms with van der Waals surface area (Å²) in [5, 5.41) is 3.94. The Hall–Kier alpha value is -0.0400. The second-order valence-corrected chi connectivity index (χ2v) is 12.1. The Morgan fingerprint density at radius 3 is 1.04 bits per heavy atom. The van der Waals surface area contributed by atoms with Crippen molar-refractivity contribution in [1.82, 2.24) is 5.32 Å². The van der Waals surface area contributed by atoms with Crippen molar-refractivity contribution in [2.24, 2.45) is 46.3 Å². The van der Waals surface area contributed by atoms with Crippen LogP contribution in [0.1, 0.15) is 89.9 Å². The van der Waals surface area contributed by atoms with Gasteiger partial charge in [0.15, 0.2) is 0 Å². The van der Waals surface area contributed by atoms with E-state index < -0.39 is 0 Å². The quantitative estimate of drug-likeness (QED) is 0.603. The topological polar surface area (TPSA) is 12.0 Å². The van der Waals surface area contributed by atoms with E-state index in [0.717, 1.165) is 46.3 Å². The van der Waals surface area contributed by atoms with Gasteiger partial charge in [-0.05, 0) is 149 Å². The highest BCUT2D eigenvalue weighted by Gasteiger charge is 2.51. The van der Waals surface area contributed by atoms with Crippen LogP contribution < -0.4 is 5.32 Å². The maximum atomic E-state index is 3.94. The fraction of sp³-hybridized carbons (Fsp3) is 1.00. The molecule has 0 heterocycles. The van der Waals surface area contributed by atoms with Crippen LogP contribution in [0.3, 0.4) is 0 Å². The number of hydrogen-bond donors (Lipinski definition) is 1. The SMILES string of the molecule is C(CC12CC3CC(CC(C3)C1)C2)NCCC12CC3CC(CC(C3)C1)C2. The Bertz CT molecular complexity index is 404. The van der Waals surface area contributed by atoms with Gasteiger partial charge < -0.3 is 5.32 Å². The van der Waals surface area contributed by atoms with Crippen molar-refractivity contribution < 1.29 is 0 Å². The van der Waals surface area contributed by atoms with Crippen molar-refractivity contribution in [2.75, 3.05) is 13.1 Å². The lowest BCUT2D eigenvalue weighted by molar-refractivity contribution is -0.0600. The van der Waals surface area contributed by atoms with Crippen LogP contribution in [-0.4, -0.2) is 13.1 Å². The molecule has 0 amide bonds. The molecular weight excluding hydrogens is 302 g/mol. The van der Waals surface area contributed by atoms with E-state index in [4.69, 9.17) is 0 Å². The summed E-state index contributed by atoms with van der Waals surface area (Å²) in [4.78, 5) is 0. The van der Waals surface area contributed by atoms with Gasteiger partial charge in [0.1, 0.15) is 0 Å². The van der Waals surface area contributed by atoms with Gasteiger partial charge in [-0.25, -0.2) is 0 Å². The minimum atomic E-state index is 0.780. The van der Waals surface area contributed by atoms with Crippen LogP contribution in [0.2, 0.25) is 0 Å². The summed E-state index contributed by atoms with van der Waals surface area (Å²) in [7, 11) is 0. The zero-order valence-corrected chi connectivity index (χ0v) is 16.3. The molecule has 0 unspecified atom stereocenters. The lowest BCUT2D eigenvalue weighted by Crippen LogP contribution is -2.48. The van der Waals surface area contributed by atoms with Crippen molar-refractivity contribution in [2.45, 2.75) is 89.9 Å². The van der Waals surface area contributed by atoms with Crippen LogP contribution >= 0.6 is 0 Å². The molecule has 0 aromatic rings. The number of hydrogen-bond acceptors (Lipinski definition) is 1. The molecule has 8 saturated carbocycles. The highest BCUT2D eigenvalue weighted by Crippen LogP contribution is 2.62. The average Bonchev–Trinajstić information content (AvgIpc) is 2.51. The molecule has 0 aromatic carbocycles. The van der Waals surface area contributed by atoms with E-state index in [1.807, 2.05) is 0 Å². The molecule has 1 heteroatoms. The molecule has 0 atom stereocenters. The summed E-state index contributed by atoms with van der Waals surface area (Å²) in [5.74, 6) is 6.74. The Labute approximate surface area is 155 Å². The van der Waals surface area contributed by atoms with Crippen molar-refractivity contribution in [3.8, 4) is 0 Å². The van der Waals surface area contributed by atoms with Crippen molar-refractivity contribution >= 4 is 0 Å². The summed E-state index contributed by atoms with van der Waals surface area (Å²) < 4.78 is 0. The van der Waals surface area contributed by atoms with Crippen LogP contribution in [0.15, 0.2) is 0 Å². The van der Waals surface area contributed by atoms with Crippen LogP contribution in [0.25, 0.3) is 0 Å². The lowest BCUT2D eigenvalue weighted by atomic mass is 9.48. The third-order valence-corrected chi connectivity index (χ3v) is 9.99. The second kappa shape index (κ2) is 5.73. The molecule has 1 nitrogen and oxygen atoms in total. The van der Waals surface area contributed by atoms with Gasteiger partial charge >= 0.3 is 0 Å². The summed E-state index contributed by atoms with van der Waals surface area (Å²) in [6, 6.07) is 0. The van der Waals surface area contributed by atoms with Crippen LogP contribution in [0, 0.1) is 46.3 Å². The Balaban J connectivity index is 0.996. The molecule has 25 heavy (non-hydrogen) atoms. The summed E-state index contributed by atoms with van der Waals surface area (Å²) in [6.45, 7) is 2.64. The predicted molar refractivity (Wildman–Crippen MR) is 103 cm³/mol. The molecule has 0 spiro atoms. The van der Waals surface area contributed by atoms with E-state index >= 15 is 0 Å². The molecule has 1 N–H and O–H groups in total. The first-order valence-corrected chi connectivity index (χ1v) is 11.9. The third-order valence-electron chi connectivity index (χ3n) is 9.99. The molecule has 0 aliphatic heterocycles. The Morgan fingerprint density at radius 2 is 0.760 bits per heavy atom. The Morgan fingerprint density at radius 1 is 0.480 bits per heavy atom. The number of rotatable bonds is 6. The first-order chi connectivity index (χ1) is 12.2. The van der Waals surface area contributed by atoms with Gasteiger partial charge in [0, 0.05) is 0 Å². The van der Waals surface area contributed by atoms with Gasteiger partial charge in [0.25, 0.3) is 0 Å². The molecule has 8 bridgehead atoms. The van der Waals surface area contributed by atoms with E-state index in [0.29, 0.717) is 0 Å². The van der Waals surface area contributed by atoms with E-state index in [9.17, 15) is 0 Å². The minimum Gasteiger partial charge on any atom is -0.317 e. The number of nitrogens with one attached hydrogen (secondary N) is 1. The van der Waals surface area contributed by atoms with Crippen molar-refractivity contribution in [1.29, 1.82) is 0 Å². The standard InChI is InChI=1S/C24H39N/c1(23-11-17-5-18(12-23)7-19(6-17)13-23)3-25-4-2-24-14-20-8-21(15-24)10-22(9-20)16-24/h17-22,25H,1-16H2. The van der Waals surface area contributed by atoms with Gasteiger partial charge in [-0.3, -0.25) is 0 Å². The van der Waals surface area contributed by atoms with E-state index in [1.165, 1.54) is 25.9 Å². The molecule has 8 fully saturated rings. The third kappa shape index (κ3) is 2.82. The highest BCUT2D eigenvalue weighted by molar-refractivity contribution is 5.03. The molecule has 140 valence electrons. The molecule has 0 aromatic heterocycles. The predicted octanol–water partition coefficient (Wildman–Crippen LogP) is 5.79. The maximum Gasteiger partial charge on any atom is -0.00436 e. The van der Waals surface area contributed by atoms with Gasteiger partial charge in [-0.15, -0.1) is 0 Å². The largest absolute Gasteiger partial charge is 0.317 e. The first kappa shape index (κ1) is 16.0. The summed E-state index contributed by atoms with van der Waals surface area (Å²) in [5.41, 5.74) is 1.56. The monoisotopic (exact) mass is 341 g/mol. The zero-order valence-electron chi connectivity index (χ0n) is 16.3. The van der Waals surface area contributed by atoms with E-state index in [1.54, 1.807) is 77.0 Å². The van der Waals surface area contributed by atoms with Gasteiger partial charge in [0.2, 0.25) is 0 Å². The molecule has 8 rings (SSSR count). The van der Waals surface area contributed by atoms with Gasteiger partial charge in [-0.2, -0.15) is 0 Å². The zero-order chi connectivity index (χ0) is 16.5. The smallest absolute Gasteiger partial charge is 0.00436 e. The van der Waals surface area contributed by atoms with Crippen LogP contribution in [-0.2, 0) is 0 Å². The van der Waals surface area contributed by atoms with Crippen LogP contribution in [0.4, 0.5) is 0 Å². The van der Waals surface area contributed by atoms with Crippen molar-refractivity contribution in [3.05, 3.63) is 0 Å². The molecule has 8 aliphatic carbocycles. The second-order valence-electron chi connectivity index (χ2n) is 12.1. The molecule has 0 saturated heterocycles. The highest BCUT2D eigenvalue weighted by atomic mass is 14.9. The normalized spacial score (nSPS) is 55.2. The fourth-order valence-electron chi connectivity index (χ4n) is 10.0. The Kier molecular flexibility index (Phi) is 3.66. The first-order valence-electron chi connectivity index (χ1n) is 11.9. The van der Waals surface area contributed by atoms with Gasteiger partial charge in [-0.1, -0.05) is 0 Å².